The van der Waals surface area contributed by atoms with Gasteiger partial charge in [0, 0.05) is 18.1 Å². The molecule has 0 aliphatic rings. The van der Waals surface area contributed by atoms with Crippen LogP contribution in [0.2, 0.25) is 10.2 Å². The summed E-state index contributed by atoms with van der Waals surface area (Å²) in [4.78, 5) is 15.8. The van der Waals surface area contributed by atoms with E-state index >= 15 is 0 Å². The summed E-state index contributed by atoms with van der Waals surface area (Å²) < 4.78 is 4.67. The Labute approximate surface area is 136 Å². The third kappa shape index (κ3) is 2.67. The molecule has 0 radical (unpaired) electrons. The number of halogens is 2. The minimum Gasteiger partial charge on any atom is -0.257 e. The van der Waals surface area contributed by atoms with E-state index in [-0.39, 0.29) is 12.2 Å². The first-order valence-electron chi connectivity index (χ1n) is 6.55. The molecule has 1 aromatic carbocycles. The molecule has 0 aliphatic carbocycles. The minimum atomic E-state index is -0.363. The first-order chi connectivity index (χ1) is 10.5. The largest absolute Gasteiger partial charge is 0.364 e. The highest BCUT2D eigenvalue weighted by molar-refractivity contribution is 6.31. The maximum atomic E-state index is 12.0. The third-order valence-corrected chi connectivity index (χ3v) is 4.12. The molecule has 2 aromatic heterocycles. The van der Waals surface area contributed by atoms with Gasteiger partial charge in [0.15, 0.2) is 0 Å². The topological polar surface area (TPSA) is 57.6 Å². The molecule has 2 heterocycles. The van der Waals surface area contributed by atoms with Crippen molar-refractivity contribution in [2.45, 2.75) is 13.5 Å². The zero-order valence-electron chi connectivity index (χ0n) is 12.0. The van der Waals surface area contributed by atoms with E-state index in [2.05, 4.69) is 10.1 Å². The van der Waals surface area contributed by atoms with Crippen LogP contribution in [-0.2, 0) is 13.6 Å². The second-order valence-electron chi connectivity index (χ2n) is 4.94. The molecule has 0 N–H and O–H groups in total. The molecule has 0 bridgehead atoms. The molecule has 0 saturated heterocycles. The molecule has 22 heavy (non-hydrogen) atoms. The Kier molecular flexibility index (Phi) is 3.80. The smallest absolute Gasteiger partial charge is 0.257 e. The Hall–Kier alpha value is -2.05. The number of hydrogen-bond acceptors (Lipinski definition) is 3. The van der Waals surface area contributed by atoms with Crippen LogP contribution < -0.4 is 5.69 Å². The van der Waals surface area contributed by atoms with E-state index in [9.17, 15) is 4.79 Å². The van der Waals surface area contributed by atoms with Crippen molar-refractivity contribution in [2.24, 2.45) is 7.05 Å². The van der Waals surface area contributed by atoms with E-state index in [4.69, 9.17) is 23.2 Å². The van der Waals surface area contributed by atoms with E-state index in [1.807, 2.05) is 19.1 Å². The summed E-state index contributed by atoms with van der Waals surface area (Å²) in [6.07, 6.45) is 1.47. The van der Waals surface area contributed by atoms with Crippen LogP contribution in [0, 0.1) is 6.92 Å². The van der Waals surface area contributed by atoms with Gasteiger partial charge in [0.1, 0.15) is 11.5 Å². The van der Waals surface area contributed by atoms with Crippen molar-refractivity contribution >= 4 is 23.2 Å². The summed E-state index contributed by atoms with van der Waals surface area (Å²) in [5.74, 6) is 0. The van der Waals surface area contributed by atoms with Crippen LogP contribution in [0.5, 0.6) is 0 Å². The van der Waals surface area contributed by atoms with Gasteiger partial charge in [-0.15, -0.1) is 0 Å². The highest BCUT2D eigenvalue weighted by atomic mass is 35.5. The predicted octanol–water partition coefficient (Wildman–Crippen LogP) is 2.43. The SMILES string of the molecule is Cc1ccc(-n2cnc(=O)n2Cc2cc(Cl)n(C)n2)cc1Cl. The quantitative estimate of drug-likeness (QED) is 0.737. The number of hydrogen-bond donors (Lipinski definition) is 0. The summed E-state index contributed by atoms with van der Waals surface area (Å²) in [6.45, 7) is 2.19. The van der Waals surface area contributed by atoms with Gasteiger partial charge in [0.05, 0.1) is 17.9 Å². The highest BCUT2D eigenvalue weighted by Gasteiger charge is 2.11. The van der Waals surface area contributed by atoms with Gasteiger partial charge in [-0.05, 0) is 24.6 Å². The molecule has 114 valence electrons. The maximum Gasteiger partial charge on any atom is 0.364 e. The molecule has 0 amide bonds. The van der Waals surface area contributed by atoms with Gasteiger partial charge >= 0.3 is 5.69 Å². The molecular weight excluding hydrogens is 325 g/mol. The second-order valence-corrected chi connectivity index (χ2v) is 5.74. The van der Waals surface area contributed by atoms with Gasteiger partial charge in [-0.3, -0.25) is 4.68 Å². The van der Waals surface area contributed by atoms with Crippen LogP contribution in [0.15, 0.2) is 35.4 Å². The van der Waals surface area contributed by atoms with Crippen molar-refractivity contribution in [1.82, 2.24) is 24.1 Å². The Bertz CT molecular complexity index is 874. The minimum absolute atomic E-state index is 0.269. The zero-order chi connectivity index (χ0) is 15.9. The van der Waals surface area contributed by atoms with Crippen molar-refractivity contribution in [3.8, 4) is 5.69 Å². The van der Waals surface area contributed by atoms with E-state index in [0.29, 0.717) is 15.9 Å². The van der Waals surface area contributed by atoms with Gasteiger partial charge in [-0.1, -0.05) is 29.3 Å². The third-order valence-electron chi connectivity index (χ3n) is 3.36. The molecule has 8 heteroatoms. The average molecular weight is 338 g/mol. The first kappa shape index (κ1) is 14.9. The van der Waals surface area contributed by atoms with Crippen LogP contribution in [-0.4, -0.2) is 24.1 Å². The van der Waals surface area contributed by atoms with E-state index in [1.54, 1.807) is 28.5 Å². The summed E-state index contributed by atoms with van der Waals surface area (Å²) in [5, 5.41) is 5.39. The number of aromatic nitrogens is 5. The Morgan fingerprint density at radius 1 is 1.23 bits per heavy atom. The van der Waals surface area contributed by atoms with Crippen molar-refractivity contribution in [3.05, 3.63) is 62.5 Å². The van der Waals surface area contributed by atoms with E-state index in [1.165, 1.54) is 11.0 Å². The first-order valence-corrected chi connectivity index (χ1v) is 7.30. The van der Waals surface area contributed by atoms with Gasteiger partial charge in [-0.2, -0.15) is 10.1 Å². The highest BCUT2D eigenvalue weighted by Crippen LogP contribution is 2.19. The van der Waals surface area contributed by atoms with Crippen LogP contribution in [0.1, 0.15) is 11.3 Å². The number of nitrogens with zero attached hydrogens (tertiary/aromatic N) is 5. The van der Waals surface area contributed by atoms with Crippen LogP contribution in [0.3, 0.4) is 0 Å². The van der Waals surface area contributed by atoms with Gasteiger partial charge < -0.3 is 0 Å². The standard InChI is InChI=1S/C14H13Cl2N5O/c1-9-3-4-11(6-12(9)15)21-8-17-14(22)20(21)7-10-5-13(16)19(2)18-10/h3-6,8H,7H2,1-2H3. The van der Waals surface area contributed by atoms with Crippen LogP contribution in [0.4, 0.5) is 0 Å². The fourth-order valence-corrected chi connectivity index (χ4v) is 2.47. The predicted molar refractivity (Wildman–Crippen MR) is 84.9 cm³/mol. The molecule has 3 rings (SSSR count). The molecule has 0 saturated carbocycles. The molecule has 0 spiro atoms. The van der Waals surface area contributed by atoms with Gasteiger partial charge in [0.25, 0.3) is 0 Å². The van der Waals surface area contributed by atoms with Crippen LogP contribution >= 0.6 is 23.2 Å². The van der Waals surface area contributed by atoms with Crippen molar-refractivity contribution in [3.63, 3.8) is 0 Å². The molecule has 0 fully saturated rings. The summed E-state index contributed by atoms with van der Waals surface area (Å²) in [5.41, 5.74) is 2.04. The fraction of sp³-hybridized carbons (Fsp3) is 0.214. The summed E-state index contributed by atoms with van der Waals surface area (Å²) >= 11 is 12.1. The normalized spacial score (nSPS) is 11.1. The monoisotopic (exact) mass is 337 g/mol. The van der Waals surface area contributed by atoms with Crippen molar-refractivity contribution in [2.75, 3.05) is 0 Å². The van der Waals surface area contributed by atoms with E-state index < -0.39 is 0 Å². The lowest BCUT2D eigenvalue weighted by atomic mass is 10.2. The van der Waals surface area contributed by atoms with Crippen molar-refractivity contribution in [1.29, 1.82) is 0 Å². The Morgan fingerprint density at radius 2 is 2.00 bits per heavy atom. The molecule has 3 aromatic rings. The van der Waals surface area contributed by atoms with E-state index in [0.717, 1.165) is 11.3 Å². The van der Waals surface area contributed by atoms with Crippen LogP contribution in [0.25, 0.3) is 5.69 Å². The molecule has 6 nitrogen and oxygen atoms in total. The summed E-state index contributed by atoms with van der Waals surface area (Å²) in [6, 6.07) is 7.28. The van der Waals surface area contributed by atoms with Gasteiger partial charge in [0.2, 0.25) is 0 Å². The fourth-order valence-electron chi connectivity index (χ4n) is 2.13. The average Bonchev–Trinajstić information content (AvgIpc) is 2.98. The lowest BCUT2D eigenvalue weighted by Crippen LogP contribution is -2.24. The molecule has 0 unspecified atom stereocenters. The molecule has 0 atom stereocenters. The molecule has 0 aliphatic heterocycles. The lowest BCUT2D eigenvalue weighted by Gasteiger charge is -2.10. The van der Waals surface area contributed by atoms with Crippen molar-refractivity contribution < 1.29 is 0 Å². The zero-order valence-corrected chi connectivity index (χ0v) is 13.5. The summed E-state index contributed by atoms with van der Waals surface area (Å²) in [7, 11) is 1.74. The molecular formula is C14H13Cl2N5O. The number of rotatable bonds is 3. The number of benzene rings is 1. The van der Waals surface area contributed by atoms with Gasteiger partial charge in [-0.25, -0.2) is 14.2 Å². The lowest BCUT2D eigenvalue weighted by molar-refractivity contribution is 0.569. The Morgan fingerprint density at radius 3 is 2.64 bits per heavy atom. The second kappa shape index (κ2) is 5.62. The Balaban J connectivity index is 2.03. The number of aryl methyl sites for hydroxylation is 2. The maximum absolute atomic E-state index is 12.0.